The maximum Gasteiger partial charge on any atom is 0.248 e. The van der Waals surface area contributed by atoms with Crippen molar-refractivity contribution in [2.24, 2.45) is 11.8 Å². The summed E-state index contributed by atoms with van der Waals surface area (Å²) < 4.78 is 5.61. The molecule has 4 nitrogen and oxygen atoms in total. The van der Waals surface area contributed by atoms with Gasteiger partial charge in [-0.15, -0.1) is 0 Å². The number of nitrogens with one attached hydrogen (secondary N) is 1. The fourth-order valence-electron chi connectivity index (χ4n) is 3.19. The molecule has 0 aromatic heterocycles. The van der Waals surface area contributed by atoms with Gasteiger partial charge in [0, 0.05) is 25.7 Å². The van der Waals surface area contributed by atoms with Crippen LogP contribution in [0.4, 0.5) is 0 Å². The summed E-state index contributed by atoms with van der Waals surface area (Å²) in [7, 11) is 0. The maximum atomic E-state index is 12.3. The Morgan fingerprint density at radius 1 is 1.39 bits per heavy atom. The molecule has 0 spiro atoms. The molecule has 2 heterocycles. The fraction of sp³-hybridized carbons (Fsp3) is 0.929. The number of carbonyl (C=O) groups excluding carboxylic acids is 1. The van der Waals surface area contributed by atoms with Crippen LogP contribution in [-0.4, -0.2) is 48.7 Å². The van der Waals surface area contributed by atoms with Gasteiger partial charge in [0.2, 0.25) is 5.91 Å². The minimum absolute atomic E-state index is 0.158. The van der Waals surface area contributed by atoms with Crippen LogP contribution in [0.1, 0.15) is 34.1 Å². The summed E-state index contributed by atoms with van der Waals surface area (Å²) in [5.74, 6) is 1.45. The van der Waals surface area contributed by atoms with E-state index < -0.39 is 0 Å². The highest BCUT2D eigenvalue weighted by molar-refractivity contribution is 5.78. The highest BCUT2D eigenvalue weighted by Crippen LogP contribution is 2.34. The Bertz CT molecular complexity index is 311. The van der Waals surface area contributed by atoms with Crippen molar-refractivity contribution in [3.05, 3.63) is 0 Å². The zero-order chi connectivity index (χ0) is 13.3. The van der Waals surface area contributed by atoms with Gasteiger partial charge in [-0.1, -0.05) is 6.92 Å². The predicted molar refractivity (Wildman–Crippen MR) is 71.3 cm³/mol. The molecule has 1 N–H and O–H groups in total. The molecule has 4 heteroatoms. The lowest BCUT2D eigenvalue weighted by Gasteiger charge is -2.28. The van der Waals surface area contributed by atoms with Crippen LogP contribution in [0.5, 0.6) is 0 Å². The van der Waals surface area contributed by atoms with Crippen molar-refractivity contribution in [3.8, 4) is 0 Å². The average molecular weight is 254 g/mol. The van der Waals surface area contributed by atoms with Gasteiger partial charge in [0.15, 0.2) is 0 Å². The third-order valence-electron chi connectivity index (χ3n) is 4.09. The monoisotopic (exact) mass is 254 g/mol. The van der Waals surface area contributed by atoms with E-state index in [1.807, 2.05) is 20.8 Å². The summed E-state index contributed by atoms with van der Waals surface area (Å²) in [4.78, 5) is 14.3. The Kier molecular flexibility index (Phi) is 3.97. The third-order valence-corrected chi connectivity index (χ3v) is 4.09. The molecule has 2 aliphatic rings. The second-order valence-electron chi connectivity index (χ2n) is 6.50. The van der Waals surface area contributed by atoms with E-state index in [2.05, 4.69) is 17.1 Å². The van der Waals surface area contributed by atoms with Gasteiger partial charge in [0.25, 0.3) is 0 Å². The van der Waals surface area contributed by atoms with Gasteiger partial charge < -0.3 is 15.0 Å². The van der Waals surface area contributed by atoms with Gasteiger partial charge in [-0.2, -0.15) is 0 Å². The van der Waals surface area contributed by atoms with E-state index in [4.69, 9.17) is 4.74 Å². The molecule has 104 valence electrons. The second kappa shape index (κ2) is 5.17. The molecule has 1 amide bonds. The van der Waals surface area contributed by atoms with Crippen LogP contribution in [0, 0.1) is 11.8 Å². The molecule has 0 aliphatic carbocycles. The molecule has 0 bridgehead atoms. The van der Waals surface area contributed by atoms with E-state index >= 15 is 0 Å². The molecule has 2 saturated heterocycles. The van der Waals surface area contributed by atoms with Crippen molar-refractivity contribution in [2.75, 3.05) is 26.2 Å². The van der Waals surface area contributed by atoms with Gasteiger partial charge in [-0.25, -0.2) is 0 Å². The predicted octanol–water partition coefficient (Wildman–Crippen LogP) is 1.26. The lowest BCUT2D eigenvalue weighted by Crippen LogP contribution is -2.42. The van der Waals surface area contributed by atoms with Crippen LogP contribution < -0.4 is 5.32 Å². The number of ether oxygens (including phenoxy) is 1. The summed E-state index contributed by atoms with van der Waals surface area (Å²) >= 11 is 0. The third kappa shape index (κ3) is 2.86. The Labute approximate surface area is 110 Å². The summed E-state index contributed by atoms with van der Waals surface area (Å²) in [6.07, 6.45) is 1.05. The van der Waals surface area contributed by atoms with Crippen molar-refractivity contribution in [1.82, 2.24) is 10.2 Å². The van der Waals surface area contributed by atoms with Gasteiger partial charge in [0.1, 0.15) is 6.61 Å². The van der Waals surface area contributed by atoms with Crippen molar-refractivity contribution >= 4 is 5.91 Å². The fourth-order valence-corrected chi connectivity index (χ4v) is 3.19. The molecule has 0 aromatic rings. The topological polar surface area (TPSA) is 41.6 Å². The van der Waals surface area contributed by atoms with Crippen LogP contribution in [0.15, 0.2) is 0 Å². The SMILES string of the molecule is CCC1C2CNCC2CN1C(=O)COC(C)(C)C. The highest BCUT2D eigenvalue weighted by Gasteiger charge is 2.44. The van der Waals surface area contributed by atoms with E-state index in [0.717, 1.165) is 26.1 Å². The van der Waals surface area contributed by atoms with Crippen molar-refractivity contribution in [2.45, 2.75) is 45.8 Å². The number of fused-ring (bicyclic) bond motifs is 1. The van der Waals surface area contributed by atoms with Crippen LogP contribution in [0.25, 0.3) is 0 Å². The number of rotatable bonds is 3. The Balaban J connectivity index is 1.94. The van der Waals surface area contributed by atoms with E-state index in [9.17, 15) is 4.79 Å². The number of hydrogen-bond donors (Lipinski definition) is 1. The number of hydrogen-bond acceptors (Lipinski definition) is 3. The first-order valence-electron chi connectivity index (χ1n) is 7.06. The average Bonchev–Trinajstić information content (AvgIpc) is 2.83. The first kappa shape index (κ1) is 13.8. The molecule has 2 fully saturated rings. The molecule has 2 aliphatic heterocycles. The van der Waals surface area contributed by atoms with Crippen LogP contribution in [-0.2, 0) is 9.53 Å². The van der Waals surface area contributed by atoms with E-state index in [0.29, 0.717) is 17.9 Å². The Hall–Kier alpha value is -0.610. The highest BCUT2D eigenvalue weighted by atomic mass is 16.5. The van der Waals surface area contributed by atoms with Gasteiger partial charge in [0.05, 0.1) is 5.60 Å². The zero-order valence-corrected chi connectivity index (χ0v) is 12.0. The largest absolute Gasteiger partial charge is 0.366 e. The van der Waals surface area contributed by atoms with Crippen molar-refractivity contribution < 1.29 is 9.53 Å². The van der Waals surface area contributed by atoms with Crippen LogP contribution in [0.3, 0.4) is 0 Å². The minimum Gasteiger partial charge on any atom is -0.366 e. The van der Waals surface area contributed by atoms with Crippen molar-refractivity contribution in [1.29, 1.82) is 0 Å². The first-order chi connectivity index (χ1) is 8.42. The van der Waals surface area contributed by atoms with Crippen molar-refractivity contribution in [3.63, 3.8) is 0 Å². The molecule has 3 atom stereocenters. The molecule has 0 aromatic carbocycles. The number of amides is 1. The minimum atomic E-state index is -0.242. The second-order valence-corrected chi connectivity index (χ2v) is 6.50. The van der Waals surface area contributed by atoms with Gasteiger partial charge in [-0.05, 0) is 39.0 Å². The number of carbonyl (C=O) groups is 1. The van der Waals surface area contributed by atoms with E-state index in [-0.39, 0.29) is 18.1 Å². The molecule has 0 saturated carbocycles. The van der Waals surface area contributed by atoms with Crippen LogP contribution in [0.2, 0.25) is 0 Å². The first-order valence-corrected chi connectivity index (χ1v) is 7.06. The summed E-state index contributed by atoms with van der Waals surface area (Å²) in [5, 5.41) is 3.44. The number of nitrogens with zero attached hydrogens (tertiary/aromatic N) is 1. The summed E-state index contributed by atoms with van der Waals surface area (Å²) in [6, 6.07) is 0.404. The maximum absolute atomic E-state index is 12.3. The molecule has 2 rings (SSSR count). The van der Waals surface area contributed by atoms with Gasteiger partial charge >= 0.3 is 0 Å². The molecular weight excluding hydrogens is 228 g/mol. The molecule has 3 unspecified atom stereocenters. The normalized spacial score (nSPS) is 31.8. The lowest BCUT2D eigenvalue weighted by atomic mass is 9.93. The smallest absolute Gasteiger partial charge is 0.248 e. The summed E-state index contributed by atoms with van der Waals surface area (Å²) in [6.45, 7) is 11.4. The Morgan fingerprint density at radius 2 is 2.11 bits per heavy atom. The van der Waals surface area contributed by atoms with Gasteiger partial charge in [-0.3, -0.25) is 4.79 Å². The zero-order valence-electron chi connectivity index (χ0n) is 12.0. The Morgan fingerprint density at radius 3 is 2.72 bits per heavy atom. The van der Waals surface area contributed by atoms with Crippen LogP contribution >= 0.6 is 0 Å². The lowest BCUT2D eigenvalue weighted by molar-refractivity contribution is -0.142. The van der Waals surface area contributed by atoms with E-state index in [1.165, 1.54) is 0 Å². The molecular formula is C14H26N2O2. The quantitative estimate of drug-likeness (QED) is 0.824. The van der Waals surface area contributed by atoms with E-state index in [1.54, 1.807) is 0 Å². The molecule has 18 heavy (non-hydrogen) atoms. The number of likely N-dealkylation sites (tertiary alicyclic amines) is 1. The molecule has 0 radical (unpaired) electrons. The summed E-state index contributed by atoms with van der Waals surface area (Å²) in [5.41, 5.74) is -0.242. The standard InChI is InChI=1S/C14H26N2O2/c1-5-12-11-7-15-6-10(11)8-16(12)13(17)9-18-14(2,3)4/h10-12,15H,5-9H2,1-4H3.